The second kappa shape index (κ2) is 6.26. The first-order valence-electron chi connectivity index (χ1n) is 5.15. The topological polar surface area (TPSA) is 35.5 Å². The van der Waals surface area contributed by atoms with Crippen molar-refractivity contribution >= 4 is 32.8 Å². The van der Waals surface area contributed by atoms with Crippen molar-refractivity contribution in [1.29, 1.82) is 0 Å². The van der Waals surface area contributed by atoms with E-state index < -0.39 is 5.24 Å². The number of halogens is 2. The molecule has 0 N–H and O–H groups in total. The molecular formula is C12H14BrClO3. The molecule has 3 nitrogen and oxygen atoms in total. The Bertz CT molecular complexity index is 418. The molecule has 0 amide bonds. The van der Waals surface area contributed by atoms with Gasteiger partial charge in [0, 0.05) is 10.9 Å². The van der Waals surface area contributed by atoms with Crippen LogP contribution in [0.2, 0.25) is 0 Å². The Morgan fingerprint density at radius 2 is 2.06 bits per heavy atom. The van der Waals surface area contributed by atoms with Gasteiger partial charge in [-0.15, -0.1) is 0 Å². The molecule has 0 saturated carbocycles. The number of carbonyl (C=O) groups excluding carboxylic acids is 1. The van der Waals surface area contributed by atoms with Crippen LogP contribution in [0.25, 0.3) is 0 Å². The van der Waals surface area contributed by atoms with Gasteiger partial charge < -0.3 is 9.47 Å². The van der Waals surface area contributed by atoms with Crippen LogP contribution in [-0.2, 0) is 11.2 Å². The highest BCUT2D eigenvalue weighted by Crippen LogP contribution is 2.34. The first kappa shape index (κ1) is 14.3. The fourth-order valence-corrected chi connectivity index (χ4v) is 1.97. The first-order chi connectivity index (χ1) is 7.93. The van der Waals surface area contributed by atoms with Crippen LogP contribution in [0.15, 0.2) is 16.6 Å². The number of rotatable bonds is 5. The Balaban J connectivity index is 3.12. The fraction of sp³-hybridized carbons (Fsp3) is 0.417. The lowest BCUT2D eigenvalue weighted by atomic mass is 10.1. The summed E-state index contributed by atoms with van der Waals surface area (Å²) in [7, 11) is 1.57. The minimum atomic E-state index is -0.411. The molecule has 0 aliphatic heterocycles. The number of methoxy groups -OCH3 is 1. The predicted molar refractivity (Wildman–Crippen MR) is 71.0 cm³/mol. The lowest BCUT2D eigenvalue weighted by Crippen LogP contribution is -2.07. The highest BCUT2D eigenvalue weighted by Gasteiger charge is 2.13. The van der Waals surface area contributed by atoms with E-state index in [1.807, 2.05) is 13.8 Å². The highest BCUT2D eigenvalue weighted by atomic mass is 79.9. The SMILES string of the molecule is COc1cc(Br)c(CC(=O)Cl)cc1OC(C)C. The minimum Gasteiger partial charge on any atom is -0.493 e. The van der Waals surface area contributed by atoms with Crippen molar-refractivity contribution < 1.29 is 14.3 Å². The number of benzene rings is 1. The molecule has 1 rings (SSSR count). The fourth-order valence-electron chi connectivity index (χ4n) is 1.37. The Kier molecular flexibility index (Phi) is 5.28. The summed E-state index contributed by atoms with van der Waals surface area (Å²) >= 11 is 8.75. The van der Waals surface area contributed by atoms with Crippen molar-refractivity contribution in [3.8, 4) is 11.5 Å². The molecule has 1 aromatic rings. The summed E-state index contributed by atoms with van der Waals surface area (Å²) in [5.41, 5.74) is 0.779. The molecule has 0 unspecified atom stereocenters. The summed E-state index contributed by atoms with van der Waals surface area (Å²) in [6.07, 6.45) is 0.185. The molecule has 0 fully saturated rings. The normalized spacial score (nSPS) is 10.5. The van der Waals surface area contributed by atoms with Crippen LogP contribution in [0.3, 0.4) is 0 Å². The van der Waals surface area contributed by atoms with Gasteiger partial charge in [-0.3, -0.25) is 4.79 Å². The van der Waals surface area contributed by atoms with Gasteiger partial charge in [-0.05, 0) is 43.1 Å². The van der Waals surface area contributed by atoms with E-state index in [2.05, 4.69) is 15.9 Å². The first-order valence-corrected chi connectivity index (χ1v) is 6.32. The van der Waals surface area contributed by atoms with Gasteiger partial charge in [0.15, 0.2) is 11.5 Å². The van der Waals surface area contributed by atoms with E-state index in [-0.39, 0.29) is 12.5 Å². The van der Waals surface area contributed by atoms with E-state index >= 15 is 0 Å². The lowest BCUT2D eigenvalue weighted by Gasteiger charge is -2.15. The third-order valence-electron chi connectivity index (χ3n) is 2.02. The molecule has 17 heavy (non-hydrogen) atoms. The van der Waals surface area contributed by atoms with Gasteiger partial charge in [-0.1, -0.05) is 15.9 Å². The maximum absolute atomic E-state index is 10.9. The second-order valence-corrected chi connectivity index (χ2v) is 5.07. The predicted octanol–water partition coefficient (Wildman–Crippen LogP) is 3.55. The van der Waals surface area contributed by atoms with Crippen LogP contribution >= 0.6 is 27.5 Å². The van der Waals surface area contributed by atoms with Crippen LogP contribution in [0.4, 0.5) is 0 Å². The average Bonchev–Trinajstić information content (AvgIpc) is 2.21. The molecule has 0 saturated heterocycles. The molecule has 1 aromatic carbocycles. The number of carbonyl (C=O) groups is 1. The van der Waals surface area contributed by atoms with Crippen molar-refractivity contribution in [3.63, 3.8) is 0 Å². The second-order valence-electron chi connectivity index (χ2n) is 3.79. The monoisotopic (exact) mass is 320 g/mol. The van der Waals surface area contributed by atoms with Gasteiger partial charge in [0.25, 0.3) is 0 Å². The average molecular weight is 322 g/mol. The van der Waals surface area contributed by atoms with Gasteiger partial charge in [-0.25, -0.2) is 0 Å². The van der Waals surface area contributed by atoms with E-state index in [0.717, 1.165) is 10.0 Å². The zero-order valence-electron chi connectivity index (χ0n) is 9.92. The zero-order chi connectivity index (χ0) is 13.0. The molecule has 94 valence electrons. The van der Waals surface area contributed by atoms with Crippen LogP contribution in [-0.4, -0.2) is 18.5 Å². The van der Waals surface area contributed by atoms with Crippen molar-refractivity contribution in [3.05, 3.63) is 22.2 Å². The van der Waals surface area contributed by atoms with E-state index in [1.165, 1.54) is 0 Å². The Labute approximate surface area is 114 Å². The molecule has 5 heteroatoms. The maximum atomic E-state index is 10.9. The number of hydrogen-bond donors (Lipinski definition) is 0. The summed E-state index contributed by atoms with van der Waals surface area (Å²) in [6.45, 7) is 3.85. The van der Waals surface area contributed by atoms with Gasteiger partial charge in [0.1, 0.15) is 0 Å². The summed E-state index contributed by atoms with van der Waals surface area (Å²) < 4.78 is 11.6. The third kappa shape index (κ3) is 4.21. The summed E-state index contributed by atoms with van der Waals surface area (Å²) in [6, 6.07) is 3.54. The van der Waals surface area contributed by atoms with Gasteiger partial charge in [0.05, 0.1) is 13.2 Å². The summed E-state index contributed by atoms with van der Waals surface area (Å²) in [4.78, 5) is 10.9. The third-order valence-corrected chi connectivity index (χ3v) is 2.90. The van der Waals surface area contributed by atoms with Crippen LogP contribution < -0.4 is 9.47 Å². The standard InChI is InChI=1S/C12H14BrClO3/c1-7(2)17-11-4-8(5-12(14)15)9(13)6-10(11)16-3/h4,6-7H,5H2,1-3H3. The van der Waals surface area contributed by atoms with Crippen molar-refractivity contribution in [2.24, 2.45) is 0 Å². The lowest BCUT2D eigenvalue weighted by molar-refractivity contribution is -0.111. The highest BCUT2D eigenvalue weighted by molar-refractivity contribution is 9.10. The summed E-state index contributed by atoms with van der Waals surface area (Å²) in [5.74, 6) is 1.23. The Morgan fingerprint density at radius 1 is 1.41 bits per heavy atom. The van der Waals surface area contributed by atoms with Gasteiger partial charge in [0.2, 0.25) is 5.24 Å². The van der Waals surface area contributed by atoms with Crippen LogP contribution in [0, 0.1) is 0 Å². The molecule has 0 bridgehead atoms. The van der Waals surface area contributed by atoms with Crippen molar-refractivity contribution in [2.45, 2.75) is 26.4 Å². The molecule has 0 radical (unpaired) electrons. The molecule has 0 aromatic heterocycles. The Morgan fingerprint density at radius 3 is 2.53 bits per heavy atom. The molecule has 0 spiro atoms. The van der Waals surface area contributed by atoms with E-state index in [0.29, 0.717) is 11.5 Å². The van der Waals surface area contributed by atoms with Gasteiger partial charge in [-0.2, -0.15) is 0 Å². The van der Waals surface area contributed by atoms with Crippen molar-refractivity contribution in [1.82, 2.24) is 0 Å². The zero-order valence-corrected chi connectivity index (χ0v) is 12.3. The smallest absolute Gasteiger partial charge is 0.226 e. The molecule has 0 heterocycles. The van der Waals surface area contributed by atoms with E-state index in [9.17, 15) is 4.79 Å². The van der Waals surface area contributed by atoms with Gasteiger partial charge >= 0.3 is 0 Å². The molecule has 0 atom stereocenters. The Hall–Kier alpha value is -0.740. The largest absolute Gasteiger partial charge is 0.493 e. The quantitative estimate of drug-likeness (QED) is 0.778. The number of hydrogen-bond acceptors (Lipinski definition) is 3. The van der Waals surface area contributed by atoms with Crippen molar-refractivity contribution in [2.75, 3.05) is 7.11 Å². The van der Waals surface area contributed by atoms with E-state index in [1.54, 1.807) is 19.2 Å². The van der Waals surface area contributed by atoms with Crippen LogP contribution in [0.1, 0.15) is 19.4 Å². The number of ether oxygens (including phenoxy) is 2. The van der Waals surface area contributed by atoms with E-state index in [4.69, 9.17) is 21.1 Å². The minimum absolute atomic E-state index is 0.0321. The summed E-state index contributed by atoms with van der Waals surface area (Å²) in [5, 5.41) is -0.411. The molecular weight excluding hydrogens is 307 g/mol. The molecule has 0 aliphatic rings. The maximum Gasteiger partial charge on any atom is 0.226 e. The molecule has 0 aliphatic carbocycles. The van der Waals surface area contributed by atoms with Crippen LogP contribution in [0.5, 0.6) is 11.5 Å².